The molecule has 2 rings (SSSR count). The number of carbonyl (C=O) groups is 2. The number of nitrogens with zero attached hydrogens (tertiary/aromatic N) is 2. The van der Waals surface area contributed by atoms with Crippen molar-refractivity contribution in [3.8, 4) is 0 Å². The molecule has 0 saturated heterocycles. The van der Waals surface area contributed by atoms with Gasteiger partial charge in [-0.1, -0.05) is 44.2 Å². The molecule has 1 aromatic heterocycles. The molecule has 41 heavy (non-hydrogen) atoms. The van der Waals surface area contributed by atoms with Gasteiger partial charge in [-0.05, 0) is 75.2 Å². The molecular formula is C28H41BrF3N3O5S. The summed E-state index contributed by atoms with van der Waals surface area (Å²) >= 11 is 4.62. The summed E-state index contributed by atoms with van der Waals surface area (Å²) in [6, 6.07) is 3.88. The number of ether oxygens (including phenoxy) is 3. The fourth-order valence-electron chi connectivity index (χ4n) is 3.40. The van der Waals surface area contributed by atoms with E-state index in [9.17, 15) is 22.8 Å². The van der Waals surface area contributed by atoms with E-state index in [4.69, 9.17) is 14.2 Å². The number of aromatic nitrogens is 1. The van der Waals surface area contributed by atoms with Gasteiger partial charge in [0.05, 0.1) is 34.2 Å². The van der Waals surface area contributed by atoms with Crippen LogP contribution in [0.3, 0.4) is 0 Å². The Hall–Kier alpha value is -2.38. The summed E-state index contributed by atoms with van der Waals surface area (Å²) in [5, 5.41) is 3.08. The van der Waals surface area contributed by atoms with Crippen LogP contribution in [0.25, 0.3) is 0 Å². The highest BCUT2D eigenvalue weighted by molar-refractivity contribution is 9.11. The Balaban J connectivity index is 0.00000411. The van der Waals surface area contributed by atoms with Crippen molar-refractivity contribution in [1.29, 1.82) is 0 Å². The van der Waals surface area contributed by atoms with Crippen LogP contribution in [0.2, 0.25) is 0 Å². The lowest BCUT2D eigenvalue weighted by Crippen LogP contribution is -2.50. The Morgan fingerprint density at radius 2 is 1.56 bits per heavy atom. The predicted octanol–water partition coefficient (Wildman–Crippen LogP) is 8.54. The lowest BCUT2D eigenvalue weighted by molar-refractivity contribution is -0.137. The highest BCUT2D eigenvalue weighted by atomic mass is 79.9. The molecule has 1 aromatic carbocycles. The van der Waals surface area contributed by atoms with Crippen LogP contribution in [-0.4, -0.2) is 48.1 Å². The predicted molar refractivity (Wildman–Crippen MR) is 158 cm³/mol. The third-order valence-electron chi connectivity index (χ3n) is 5.21. The quantitative estimate of drug-likeness (QED) is 0.303. The zero-order valence-electron chi connectivity index (χ0n) is 25.2. The molecule has 0 aliphatic carbocycles. The summed E-state index contributed by atoms with van der Waals surface area (Å²) in [5.74, 6) is -0.536. The maximum atomic E-state index is 13.4. The lowest BCUT2D eigenvalue weighted by atomic mass is 9.92. The maximum Gasteiger partial charge on any atom is 0.416 e. The number of methoxy groups -OCH3 is 1. The molecule has 2 atom stereocenters. The van der Waals surface area contributed by atoms with Crippen LogP contribution < -0.4 is 10.2 Å². The van der Waals surface area contributed by atoms with Gasteiger partial charge in [0, 0.05) is 13.0 Å². The molecule has 0 radical (unpaired) electrons. The van der Waals surface area contributed by atoms with E-state index in [2.05, 4.69) is 26.2 Å². The van der Waals surface area contributed by atoms with Crippen molar-refractivity contribution < 1.29 is 37.0 Å². The fraction of sp³-hybridized carbons (Fsp3) is 0.607. The van der Waals surface area contributed by atoms with E-state index < -0.39 is 47.1 Å². The van der Waals surface area contributed by atoms with Crippen molar-refractivity contribution in [3.05, 3.63) is 44.9 Å². The molecule has 0 aliphatic rings. The Morgan fingerprint density at radius 1 is 1.02 bits per heavy atom. The molecule has 0 aliphatic heterocycles. The summed E-state index contributed by atoms with van der Waals surface area (Å²) in [4.78, 5) is 32.0. The Bertz CT molecular complexity index is 1130. The van der Waals surface area contributed by atoms with Gasteiger partial charge in [-0.3, -0.25) is 4.90 Å². The van der Waals surface area contributed by atoms with Crippen LogP contribution in [0.1, 0.15) is 85.1 Å². The first-order chi connectivity index (χ1) is 18.8. The Morgan fingerprint density at radius 3 is 2.02 bits per heavy atom. The van der Waals surface area contributed by atoms with Crippen LogP contribution >= 0.6 is 27.3 Å². The normalized spacial score (nSPS) is 13.4. The number of thiazole rings is 1. The Kier molecular flexibility index (Phi) is 13.6. The van der Waals surface area contributed by atoms with Gasteiger partial charge < -0.3 is 19.5 Å². The maximum absolute atomic E-state index is 13.4. The summed E-state index contributed by atoms with van der Waals surface area (Å²) in [5.41, 5.74) is -1.32. The van der Waals surface area contributed by atoms with Crippen molar-refractivity contribution in [2.75, 3.05) is 18.6 Å². The number of nitrogens with one attached hydrogen (secondary N) is 1. The smallest absolute Gasteiger partial charge is 0.416 e. The number of hydrogen-bond donors (Lipinski definition) is 1. The van der Waals surface area contributed by atoms with Crippen molar-refractivity contribution in [1.82, 2.24) is 10.3 Å². The minimum absolute atomic E-state index is 0.108. The van der Waals surface area contributed by atoms with Crippen molar-refractivity contribution in [3.63, 3.8) is 0 Å². The minimum Gasteiger partial charge on any atom is -0.444 e. The summed E-state index contributed by atoms with van der Waals surface area (Å²) in [7, 11) is 1.52. The number of alkyl halides is 3. The van der Waals surface area contributed by atoms with Crippen molar-refractivity contribution in [2.24, 2.45) is 0 Å². The third-order valence-corrected chi connectivity index (χ3v) is 7.07. The van der Waals surface area contributed by atoms with Gasteiger partial charge in [0.15, 0.2) is 5.13 Å². The van der Waals surface area contributed by atoms with E-state index >= 15 is 0 Å². The van der Waals surface area contributed by atoms with Gasteiger partial charge in [-0.25, -0.2) is 14.6 Å². The minimum atomic E-state index is -4.48. The first-order valence-electron chi connectivity index (χ1n) is 13.1. The van der Waals surface area contributed by atoms with Crippen LogP contribution in [0.5, 0.6) is 0 Å². The molecule has 8 nitrogen and oxygen atoms in total. The second-order valence-corrected chi connectivity index (χ2v) is 13.2. The molecule has 2 amide bonds. The molecule has 0 bridgehead atoms. The number of anilines is 1. The molecule has 0 fully saturated rings. The van der Waals surface area contributed by atoms with E-state index in [1.165, 1.54) is 35.5 Å². The molecular weight excluding hydrogens is 627 g/mol. The van der Waals surface area contributed by atoms with E-state index in [0.29, 0.717) is 20.2 Å². The van der Waals surface area contributed by atoms with Crippen molar-refractivity contribution >= 4 is 44.6 Å². The zero-order chi connectivity index (χ0) is 31.8. The molecule has 1 heterocycles. The number of amides is 2. The van der Waals surface area contributed by atoms with E-state index in [1.54, 1.807) is 48.5 Å². The van der Waals surface area contributed by atoms with Gasteiger partial charge >= 0.3 is 18.4 Å². The number of rotatable bonds is 8. The molecule has 232 valence electrons. The highest BCUT2D eigenvalue weighted by Gasteiger charge is 2.34. The monoisotopic (exact) mass is 667 g/mol. The molecule has 1 unspecified atom stereocenters. The molecule has 0 saturated carbocycles. The van der Waals surface area contributed by atoms with Crippen LogP contribution in [0, 0.1) is 0 Å². The number of benzene rings is 1. The summed E-state index contributed by atoms with van der Waals surface area (Å²) < 4.78 is 56.3. The second kappa shape index (κ2) is 15.2. The topological polar surface area (TPSA) is 90.0 Å². The number of alkyl carbamates (subject to hydrolysis) is 1. The fourth-order valence-corrected chi connectivity index (χ4v) is 4.84. The van der Waals surface area contributed by atoms with Gasteiger partial charge in [-0.2, -0.15) is 13.2 Å². The first kappa shape index (κ1) is 36.6. The average molecular weight is 669 g/mol. The van der Waals surface area contributed by atoms with E-state index in [1.807, 2.05) is 13.8 Å². The highest BCUT2D eigenvalue weighted by Crippen LogP contribution is 2.34. The summed E-state index contributed by atoms with van der Waals surface area (Å²) in [6.07, 6.45) is -5.93. The van der Waals surface area contributed by atoms with Crippen molar-refractivity contribution in [2.45, 2.75) is 98.3 Å². The standard InChI is InChI=1S/C26H35BrF3N3O5S.C2H6/c1-15(16-9-11-17(12-10-16)26(28,29)30)18(32-22(34)37-24(2,3)4)13-33(23(35)38-25(5,6)7)21-31-19(14-36-8)20(27)39-21;1-2/h9-12,15,18H,13-14H2,1-8H3,(H,32,34);1-2H3/t15-,18?;/m0./s1. The van der Waals surface area contributed by atoms with E-state index in [-0.39, 0.29) is 13.2 Å². The molecule has 0 spiro atoms. The van der Waals surface area contributed by atoms with Gasteiger partial charge in [-0.15, -0.1) is 0 Å². The SMILES string of the molecule is CC.COCc1nc(N(CC(NC(=O)OC(C)(C)C)[C@@H](C)c2ccc(C(F)(F)F)cc2)C(=O)OC(C)(C)C)sc1Br. The largest absolute Gasteiger partial charge is 0.444 e. The number of carbonyl (C=O) groups excluding carboxylic acids is 2. The molecule has 1 N–H and O–H groups in total. The van der Waals surface area contributed by atoms with Gasteiger partial charge in [0.1, 0.15) is 11.2 Å². The summed E-state index contributed by atoms with van der Waals surface area (Å²) in [6.45, 7) is 16.1. The lowest BCUT2D eigenvalue weighted by Gasteiger charge is -2.32. The van der Waals surface area contributed by atoms with Crippen LogP contribution in [0.4, 0.5) is 27.9 Å². The number of hydrogen-bond acceptors (Lipinski definition) is 7. The van der Waals surface area contributed by atoms with Gasteiger partial charge in [0.25, 0.3) is 0 Å². The third kappa shape index (κ3) is 12.2. The second-order valence-electron chi connectivity index (χ2n) is 10.9. The van der Waals surface area contributed by atoms with E-state index in [0.717, 1.165) is 12.1 Å². The van der Waals surface area contributed by atoms with Crippen LogP contribution in [-0.2, 0) is 27.0 Å². The van der Waals surface area contributed by atoms with Crippen LogP contribution in [0.15, 0.2) is 28.1 Å². The average Bonchev–Trinajstić information content (AvgIpc) is 3.19. The zero-order valence-corrected chi connectivity index (χ0v) is 27.6. The number of halogens is 4. The van der Waals surface area contributed by atoms with Gasteiger partial charge in [0.2, 0.25) is 0 Å². The molecule has 13 heteroatoms. The molecule has 2 aromatic rings. The Labute approximate surface area is 253 Å². The first-order valence-corrected chi connectivity index (χ1v) is 14.7.